The molecule has 4 heteroatoms. The van der Waals surface area contributed by atoms with Crippen LogP contribution in [0.3, 0.4) is 0 Å². The van der Waals surface area contributed by atoms with Crippen LogP contribution in [0.5, 0.6) is 0 Å². The predicted molar refractivity (Wildman–Crippen MR) is 107 cm³/mol. The van der Waals surface area contributed by atoms with E-state index in [2.05, 4.69) is 9.80 Å². The molecular formula is C23H38N2O2. The van der Waals surface area contributed by atoms with Crippen molar-refractivity contribution < 1.29 is 9.59 Å². The van der Waals surface area contributed by atoms with Crippen LogP contribution in [0.1, 0.15) is 89.9 Å². The lowest BCUT2D eigenvalue weighted by Crippen LogP contribution is -2.43. The molecular weight excluding hydrogens is 336 g/mol. The molecule has 2 heterocycles. The SMILES string of the molecule is O=C(CCC1CCCCC1)N1CCC2(CCC(=O)N(CC3CC3)CC2)CC1. The second-order valence-corrected chi connectivity index (χ2v) is 9.96. The molecule has 2 saturated carbocycles. The molecule has 0 atom stereocenters. The van der Waals surface area contributed by atoms with Crippen molar-refractivity contribution in [1.29, 1.82) is 0 Å². The van der Waals surface area contributed by atoms with Crippen LogP contribution in [0.15, 0.2) is 0 Å². The Labute approximate surface area is 165 Å². The summed E-state index contributed by atoms with van der Waals surface area (Å²) in [4.78, 5) is 29.4. The standard InChI is InChI=1S/C23H38N2O2/c26-21(9-8-19-4-2-1-3-5-19)24-15-12-23(13-16-24)11-10-22(27)25(17-14-23)18-20-6-7-20/h19-20H,1-18H2. The molecule has 2 amide bonds. The summed E-state index contributed by atoms with van der Waals surface area (Å²) in [5.41, 5.74) is 0.314. The lowest BCUT2D eigenvalue weighted by molar-refractivity contribution is -0.134. The Morgan fingerprint density at radius 2 is 1.59 bits per heavy atom. The number of nitrogens with zero attached hydrogens (tertiary/aromatic N) is 2. The molecule has 0 N–H and O–H groups in total. The van der Waals surface area contributed by atoms with E-state index < -0.39 is 0 Å². The van der Waals surface area contributed by atoms with Gasteiger partial charge in [0.1, 0.15) is 0 Å². The molecule has 0 aromatic heterocycles. The molecule has 27 heavy (non-hydrogen) atoms. The van der Waals surface area contributed by atoms with Crippen molar-refractivity contribution in [1.82, 2.24) is 9.80 Å². The van der Waals surface area contributed by atoms with Crippen LogP contribution in [-0.2, 0) is 9.59 Å². The van der Waals surface area contributed by atoms with Gasteiger partial charge in [0.05, 0.1) is 0 Å². The third-order valence-corrected chi connectivity index (χ3v) is 7.98. The normalized spacial score (nSPS) is 27.0. The van der Waals surface area contributed by atoms with Crippen LogP contribution in [0.25, 0.3) is 0 Å². The van der Waals surface area contributed by atoms with Gasteiger partial charge in [0.25, 0.3) is 0 Å². The summed E-state index contributed by atoms with van der Waals surface area (Å²) in [7, 11) is 0. The summed E-state index contributed by atoms with van der Waals surface area (Å²) in [5.74, 6) is 2.34. The van der Waals surface area contributed by atoms with Gasteiger partial charge >= 0.3 is 0 Å². The van der Waals surface area contributed by atoms with Crippen molar-refractivity contribution in [2.45, 2.75) is 89.9 Å². The van der Waals surface area contributed by atoms with Gasteiger partial charge in [-0.05, 0) is 62.2 Å². The van der Waals surface area contributed by atoms with E-state index in [0.717, 1.165) is 83.0 Å². The first-order valence-electron chi connectivity index (χ1n) is 11.7. The minimum absolute atomic E-state index is 0.314. The first-order valence-corrected chi connectivity index (χ1v) is 11.7. The lowest BCUT2D eigenvalue weighted by atomic mass is 9.73. The maximum atomic E-state index is 12.7. The first-order chi connectivity index (χ1) is 13.1. The minimum Gasteiger partial charge on any atom is -0.343 e. The van der Waals surface area contributed by atoms with Gasteiger partial charge in [-0.3, -0.25) is 9.59 Å². The molecule has 4 fully saturated rings. The molecule has 4 nitrogen and oxygen atoms in total. The zero-order valence-electron chi connectivity index (χ0n) is 17.1. The van der Waals surface area contributed by atoms with E-state index in [1.54, 1.807) is 0 Å². The summed E-state index contributed by atoms with van der Waals surface area (Å²) in [6, 6.07) is 0. The third kappa shape index (κ3) is 5.06. The van der Waals surface area contributed by atoms with Crippen LogP contribution in [-0.4, -0.2) is 47.8 Å². The van der Waals surface area contributed by atoms with Crippen molar-refractivity contribution in [3.05, 3.63) is 0 Å². The summed E-state index contributed by atoms with van der Waals surface area (Å²) < 4.78 is 0. The molecule has 2 aliphatic carbocycles. The van der Waals surface area contributed by atoms with E-state index in [0.29, 0.717) is 17.2 Å². The number of likely N-dealkylation sites (tertiary alicyclic amines) is 2. The maximum absolute atomic E-state index is 12.7. The van der Waals surface area contributed by atoms with Gasteiger partial charge in [-0.2, -0.15) is 0 Å². The summed E-state index contributed by atoms with van der Waals surface area (Å²) in [6.45, 7) is 3.78. The summed E-state index contributed by atoms with van der Waals surface area (Å²) in [5, 5.41) is 0. The van der Waals surface area contributed by atoms with Gasteiger partial charge in [0.2, 0.25) is 11.8 Å². The van der Waals surface area contributed by atoms with Crippen LogP contribution >= 0.6 is 0 Å². The summed E-state index contributed by atoms with van der Waals surface area (Å²) in [6.07, 6.45) is 16.4. The smallest absolute Gasteiger partial charge is 0.222 e. The Hall–Kier alpha value is -1.06. The Kier molecular flexibility index (Phi) is 6.08. The van der Waals surface area contributed by atoms with Gasteiger partial charge in [-0.1, -0.05) is 32.1 Å². The number of hydrogen-bond acceptors (Lipinski definition) is 2. The molecule has 0 radical (unpaired) electrons. The molecule has 152 valence electrons. The summed E-state index contributed by atoms with van der Waals surface area (Å²) >= 11 is 0. The molecule has 0 unspecified atom stereocenters. The van der Waals surface area contributed by atoms with Crippen molar-refractivity contribution >= 4 is 11.8 Å². The van der Waals surface area contributed by atoms with Crippen LogP contribution in [0.4, 0.5) is 0 Å². The largest absolute Gasteiger partial charge is 0.343 e. The molecule has 2 aliphatic heterocycles. The van der Waals surface area contributed by atoms with Gasteiger partial charge < -0.3 is 9.80 Å². The van der Waals surface area contributed by atoms with Crippen LogP contribution in [0.2, 0.25) is 0 Å². The number of piperidine rings is 1. The fourth-order valence-corrected chi connectivity index (χ4v) is 5.65. The Bertz CT molecular complexity index is 528. The number of amides is 2. The highest BCUT2D eigenvalue weighted by Gasteiger charge is 2.39. The lowest BCUT2D eigenvalue weighted by Gasteiger charge is -2.41. The third-order valence-electron chi connectivity index (χ3n) is 7.98. The number of rotatable bonds is 5. The average molecular weight is 375 g/mol. The number of hydrogen-bond donors (Lipinski definition) is 0. The van der Waals surface area contributed by atoms with Crippen molar-refractivity contribution in [3.8, 4) is 0 Å². The zero-order valence-corrected chi connectivity index (χ0v) is 17.1. The van der Waals surface area contributed by atoms with Crippen molar-refractivity contribution in [2.75, 3.05) is 26.2 Å². The highest BCUT2D eigenvalue weighted by atomic mass is 16.2. The number of carbonyl (C=O) groups excluding carboxylic acids is 2. The molecule has 0 aromatic carbocycles. The van der Waals surface area contributed by atoms with Crippen LogP contribution in [0, 0.1) is 17.3 Å². The van der Waals surface area contributed by atoms with E-state index in [-0.39, 0.29) is 0 Å². The van der Waals surface area contributed by atoms with Gasteiger partial charge in [-0.25, -0.2) is 0 Å². The fraction of sp³-hybridized carbons (Fsp3) is 0.913. The fourth-order valence-electron chi connectivity index (χ4n) is 5.65. The van der Waals surface area contributed by atoms with Gasteiger partial charge in [0.15, 0.2) is 0 Å². The average Bonchev–Trinajstić information content (AvgIpc) is 3.54. The van der Waals surface area contributed by atoms with E-state index in [1.807, 2.05) is 0 Å². The highest BCUT2D eigenvalue weighted by Crippen LogP contribution is 2.42. The second kappa shape index (κ2) is 8.53. The predicted octanol–water partition coefficient (Wildman–Crippen LogP) is 4.38. The molecule has 4 aliphatic rings. The van der Waals surface area contributed by atoms with Crippen LogP contribution < -0.4 is 0 Å². The van der Waals surface area contributed by atoms with Crippen molar-refractivity contribution in [3.63, 3.8) is 0 Å². The quantitative estimate of drug-likeness (QED) is 0.716. The van der Waals surface area contributed by atoms with E-state index in [4.69, 9.17) is 0 Å². The van der Waals surface area contributed by atoms with Crippen molar-refractivity contribution in [2.24, 2.45) is 17.3 Å². The highest BCUT2D eigenvalue weighted by molar-refractivity contribution is 5.77. The van der Waals surface area contributed by atoms with E-state index in [9.17, 15) is 9.59 Å². The maximum Gasteiger partial charge on any atom is 0.222 e. The number of carbonyl (C=O) groups is 2. The van der Waals surface area contributed by atoms with Gasteiger partial charge in [-0.15, -0.1) is 0 Å². The second-order valence-electron chi connectivity index (χ2n) is 9.96. The molecule has 1 spiro atoms. The minimum atomic E-state index is 0.314. The molecule has 0 bridgehead atoms. The Morgan fingerprint density at radius 1 is 0.889 bits per heavy atom. The zero-order chi connectivity index (χ0) is 18.7. The molecule has 4 rings (SSSR count). The molecule has 0 aromatic rings. The Balaban J connectivity index is 1.22. The van der Waals surface area contributed by atoms with E-state index >= 15 is 0 Å². The first kappa shape index (κ1) is 19.3. The monoisotopic (exact) mass is 374 g/mol. The Morgan fingerprint density at radius 3 is 2.30 bits per heavy atom. The van der Waals surface area contributed by atoms with E-state index in [1.165, 1.54) is 44.9 Å². The topological polar surface area (TPSA) is 40.6 Å². The molecule has 2 saturated heterocycles. The van der Waals surface area contributed by atoms with Gasteiger partial charge in [0, 0.05) is 39.0 Å².